The van der Waals surface area contributed by atoms with Crippen molar-refractivity contribution in [3.63, 3.8) is 0 Å². The third-order valence-corrected chi connectivity index (χ3v) is 3.35. The monoisotopic (exact) mass is 190 g/mol. The molecule has 14 heavy (non-hydrogen) atoms. The van der Waals surface area contributed by atoms with Crippen LogP contribution in [0, 0.1) is 17.8 Å². The maximum Gasteiger partial charge on any atom is 0.144 e. The Morgan fingerprint density at radius 2 is 2.21 bits per heavy atom. The molecule has 2 aliphatic rings. The predicted molar refractivity (Wildman–Crippen MR) is 53.9 cm³/mol. The van der Waals surface area contributed by atoms with Crippen LogP contribution >= 0.6 is 0 Å². The number of nitrogens with one attached hydrogen (secondary N) is 2. The van der Waals surface area contributed by atoms with Crippen LogP contribution in [-0.4, -0.2) is 29.6 Å². The summed E-state index contributed by atoms with van der Waals surface area (Å²) >= 11 is 0. The number of aromatic nitrogens is 2. The Morgan fingerprint density at radius 3 is 2.93 bits per heavy atom. The first-order valence-corrected chi connectivity index (χ1v) is 5.16. The molecule has 1 aliphatic heterocycles. The molecule has 0 spiro atoms. The smallest absolute Gasteiger partial charge is 0.144 e. The van der Waals surface area contributed by atoms with Gasteiger partial charge in [0.25, 0.3) is 0 Å². The van der Waals surface area contributed by atoms with Crippen molar-refractivity contribution in [1.29, 1.82) is 0 Å². The second kappa shape index (κ2) is 3.20. The second-order valence-electron chi connectivity index (χ2n) is 4.12. The van der Waals surface area contributed by atoms with Crippen molar-refractivity contribution < 1.29 is 0 Å². The second-order valence-corrected chi connectivity index (χ2v) is 4.12. The van der Waals surface area contributed by atoms with Crippen molar-refractivity contribution in [1.82, 2.24) is 15.3 Å². The molecule has 4 heteroatoms. The molecule has 1 saturated carbocycles. The van der Waals surface area contributed by atoms with Gasteiger partial charge >= 0.3 is 0 Å². The maximum absolute atomic E-state index is 4.18. The van der Waals surface area contributed by atoms with E-state index in [0.29, 0.717) is 0 Å². The molecule has 2 atom stereocenters. The molecule has 0 bridgehead atoms. The highest BCUT2D eigenvalue weighted by Gasteiger charge is 2.52. The van der Waals surface area contributed by atoms with Crippen LogP contribution in [0.2, 0.25) is 0 Å². The number of rotatable bonds is 3. The summed E-state index contributed by atoms with van der Waals surface area (Å²) in [6.07, 6.45) is 5.19. The van der Waals surface area contributed by atoms with Gasteiger partial charge in [-0.1, -0.05) is 0 Å². The van der Waals surface area contributed by atoms with Crippen LogP contribution < -0.4 is 10.6 Å². The lowest BCUT2D eigenvalue weighted by atomic mass is 10.3. The number of fused-ring (bicyclic) bond motifs is 1. The van der Waals surface area contributed by atoms with Crippen molar-refractivity contribution in [3.05, 3.63) is 18.6 Å². The quantitative estimate of drug-likeness (QED) is 0.722. The standard InChI is InChI=1S/C10H14N4/c1-2-13-10(6-11-1)14-5-9-7-3-12-4-8(7)9/h1-2,6-9,12H,3-5H2,(H,13,14). The van der Waals surface area contributed by atoms with E-state index in [1.54, 1.807) is 18.6 Å². The van der Waals surface area contributed by atoms with Crippen LogP contribution in [-0.2, 0) is 0 Å². The molecule has 2 fully saturated rings. The topological polar surface area (TPSA) is 49.8 Å². The van der Waals surface area contributed by atoms with E-state index < -0.39 is 0 Å². The first-order valence-electron chi connectivity index (χ1n) is 5.16. The lowest BCUT2D eigenvalue weighted by molar-refractivity contribution is 0.614. The molecule has 1 aromatic rings. The van der Waals surface area contributed by atoms with E-state index in [1.165, 1.54) is 13.1 Å². The third-order valence-electron chi connectivity index (χ3n) is 3.35. The van der Waals surface area contributed by atoms with E-state index in [-0.39, 0.29) is 0 Å². The van der Waals surface area contributed by atoms with E-state index in [9.17, 15) is 0 Å². The SMILES string of the molecule is c1cnc(NCC2C3CNCC32)cn1. The summed E-state index contributed by atoms with van der Waals surface area (Å²) in [5, 5.41) is 6.73. The van der Waals surface area contributed by atoms with Crippen molar-refractivity contribution in [3.8, 4) is 0 Å². The van der Waals surface area contributed by atoms with Crippen LogP contribution in [0.4, 0.5) is 5.82 Å². The van der Waals surface area contributed by atoms with Gasteiger partial charge in [-0.3, -0.25) is 4.98 Å². The zero-order valence-electron chi connectivity index (χ0n) is 7.98. The highest BCUT2D eigenvalue weighted by Crippen LogP contribution is 2.48. The molecule has 2 N–H and O–H groups in total. The minimum atomic E-state index is 0.859. The first-order chi connectivity index (χ1) is 6.95. The van der Waals surface area contributed by atoms with Crippen LogP contribution in [0.1, 0.15) is 0 Å². The average molecular weight is 190 g/mol. The molecular weight excluding hydrogens is 176 g/mol. The number of piperidine rings is 1. The van der Waals surface area contributed by atoms with Gasteiger partial charge in [-0.2, -0.15) is 0 Å². The molecule has 2 unspecified atom stereocenters. The van der Waals surface area contributed by atoms with Crippen LogP contribution in [0.25, 0.3) is 0 Å². The zero-order valence-corrected chi connectivity index (χ0v) is 7.98. The molecule has 0 aromatic carbocycles. The summed E-state index contributed by atoms with van der Waals surface area (Å²) in [6, 6.07) is 0. The highest BCUT2D eigenvalue weighted by atomic mass is 15.0. The number of anilines is 1. The van der Waals surface area contributed by atoms with Gasteiger partial charge in [0.05, 0.1) is 6.20 Å². The van der Waals surface area contributed by atoms with Crippen LogP contribution in [0.5, 0.6) is 0 Å². The fraction of sp³-hybridized carbons (Fsp3) is 0.600. The predicted octanol–water partition coefficient (Wildman–Crippen LogP) is 0.354. The van der Waals surface area contributed by atoms with E-state index in [2.05, 4.69) is 20.6 Å². The molecule has 1 aliphatic carbocycles. The van der Waals surface area contributed by atoms with Crippen molar-refractivity contribution in [2.75, 3.05) is 25.0 Å². The Labute approximate surface area is 83.1 Å². The van der Waals surface area contributed by atoms with Gasteiger partial charge in [0.1, 0.15) is 5.82 Å². The lowest BCUT2D eigenvalue weighted by Crippen LogP contribution is -2.18. The van der Waals surface area contributed by atoms with Gasteiger partial charge in [0, 0.05) is 18.9 Å². The first kappa shape index (κ1) is 8.17. The minimum absolute atomic E-state index is 0.859. The third kappa shape index (κ3) is 1.35. The number of hydrogen-bond acceptors (Lipinski definition) is 4. The van der Waals surface area contributed by atoms with Gasteiger partial charge in [-0.15, -0.1) is 0 Å². The molecule has 1 aromatic heterocycles. The molecule has 0 radical (unpaired) electrons. The zero-order chi connectivity index (χ0) is 9.38. The molecule has 3 rings (SSSR count). The Bertz CT molecular complexity index is 303. The summed E-state index contributed by atoms with van der Waals surface area (Å²) in [5.74, 6) is 3.59. The maximum atomic E-state index is 4.18. The van der Waals surface area contributed by atoms with Gasteiger partial charge in [0.2, 0.25) is 0 Å². The summed E-state index contributed by atoms with van der Waals surface area (Å²) in [7, 11) is 0. The molecule has 4 nitrogen and oxygen atoms in total. The summed E-state index contributed by atoms with van der Waals surface area (Å²) < 4.78 is 0. The summed E-state index contributed by atoms with van der Waals surface area (Å²) in [5.41, 5.74) is 0. The van der Waals surface area contributed by atoms with Gasteiger partial charge < -0.3 is 10.6 Å². The normalized spacial score (nSPS) is 33.9. The Balaban J connectivity index is 1.52. The number of nitrogens with zero attached hydrogens (tertiary/aromatic N) is 2. The highest BCUT2D eigenvalue weighted by molar-refractivity contribution is 5.30. The van der Waals surface area contributed by atoms with Crippen LogP contribution in [0.3, 0.4) is 0 Å². The van der Waals surface area contributed by atoms with E-state index in [1.807, 2.05) is 0 Å². The fourth-order valence-electron chi connectivity index (χ4n) is 2.46. The Hall–Kier alpha value is -1.16. The summed E-state index contributed by atoms with van der Waals surface area (Å²) in [6.45, 7) is 3.46. The van der Waals surface area contributed by atoms with Crippen molar-refractivity contribution in [2.24, 2.45) is 17.8 Å². The Morgan fingerprint density at radius 1 is 1.36 bits per heavy atom. The minimum Gasteiger partial charge on any atom is -0.368 e. The lowest BCUT2D eigenvalue weighted by Gasteiger charge is -2.06. The van der Waals surface area contributed by atoms with Gasteiger partial charge in [-0.05, 0) is 30.8 Å². The average Bonchev–Trinajstić information content (AvgIpc) is 2.69. The van der Waals surface area contributed by atoms with Crippen molar-refractivity contribution >= 4 is 5.82 Å². The van der Waals surface area contributed by atoms with Gasteiger partial charge in [0.15, 0.2) is 0 Å². The van der Waals surface area contributed by atoms with E-state index in [0.717, 1.165) is 30.1 Å². The van der Waals surface area contributed by atoms with Crippen molar-refractivity contribution in [2.45, 2.75) is 0 Å². The largest absolute Gasteiger partial charge is 0.368 e. The van der Waals surface area contributed by atoms with E-state index in [4.69, 9.17) is 0 Å². The molecular formula is C10H14N4. The molecule has 74 valence electrons. The number of hydrogen-bond donors (Lipinski definition) is 2. The molecule has 1 saturated heterocycles. The van der Waals surface area contributed by atoms with E-state index >= 15 is 0 Å². The summed E-state index contributed by atoms with van der Waals surface area (Å²) in [4.78, 5) is 8.20. The fourth-order valence-corrected chi connectivity index (χ4v) is 2.46. The van der Waals surface area contributed by atoms with Crippen LogP contribution in [0.15, 0.2) is 18.6 Å². The van der Waals surface area contributed by atoms with Gasteiger partial charge in [-0.25, -0.2) is 4.98 Å². The molecule has 2 heterocycles. The molecule has 0 amide bonds. The Kier molecular flexibility index (Phi) is 1.87.